The highest BCUT2D eigenvalue weighted by Crippen LogP contribution is 2.34. The highest BCUT2D eigenvalue weighted by molar-refractivity contribution is 8.05. The highest BCUT2D eigenvalue weighted by atomic mass is 32.2. The minimum absolute atomic E-state index is 0.000326. The number of hydrogen-bond donors (Lipinski definition) is 2. The number of amides is 1. The van der Waals surface area contributed by atoms with E-state index in [0.29, 0.717) is 49.2 Å². The molecule has 0 saturated carbocycles. The normalized spacial score (nSPS) is 15.2. The number of nitrogens with one attached hydrogen (secondary N) is 1. The molecule has 0 atom stereocenters. The molecule has 1 aliphatic heterocycles. The third-order valence-corrected chi connectivity index (χ3v) is 9.70. The minimum atomic E-state index is -4.79. The number of piperidine rings is 1. The van der Waals surface area contributed by atoms with Crippen molar-refractivity contribution in [1.82, 2.24) is 9.29 Å². The van der Waals surface area contributed by atoms with Crippen molar-refractivity contribution in [2.24, 2.45) is 11.7 Å². The van der Waals surface area contributed by atoms with Gasteiger partial charge in [0, 0.05) is 48.1 Å². The number of nitrogens with zero attached hydrogens (tertiary/aromatic N) is 2. The van der Waals surface area contributed by atoms with Gasteiger partial charge in [-0.15, -0.1) is 24.9 Å². The average molecular weight is 633 g/mol. The lowest BCUT2D eigenvalue weighted by molar-refractivity contribution is -0.274. The van der Waals surface area contributed by atoms with E-state index in [1.807, 2.05) is 6.07 Å². The summed E-state index contributed by atoms with van der Waals surface area (Å²) in [5.74, 6) is -0.849. The van der Waals surface area contributed by atoms with E-state index in [-0.39, 0.29) is 23.1 Å². The van der Waals surface area contributed by atoms with Gasteiger partial charge >= 0.3 is 6.36 Å². The molecule has 0 unspecified atom stereocenters. The lowest BCUT2D eigenvalue weighted by atomic mass is 9.98. The summed E-state index contributed by atoms with van der Waals surface area (Å²) in [6.07, 6.45) is -1.59. The van der Waals surface area contributed by atoms with Gasteiger partial charge in [-0.05, 0) is 59.6 Å². The summed E-state index contributed by atoms with van der Waals surface area (Å²) in [5, 5.41) is 4.25. The second-order valence-corrected chi connectivity index (χ2v) is 12.9. The molecule has 1 amide bonds. The Labute approximate surface area is 252 Å². The molecule has 1 fully saturated rings. The van der Waals surface area contributed by atoms with Crippen LogP contribution in [0.2, 0.25) is 0 Å². The lowest BCUT2D eigenvalue weighted by Crippen LogP contribution is -2.40. The van der Waals surface area contributed by atoms with Crippen LogP contribution in [0.3, 0.4) is 0 Å². The Morgan fingerprint density at radius 1 is 1.09 bits per heavy atom. The quantitative estimate of drug-likeness (QED) is 0.252. The topological polar surface area (TPSA) is 115 Å². The zero-order valence-electron chi connectivity index (χ0n) is 23.1. The van der Waals surface area contributed by atoms with Crippen molar-refractivity contribution in [2.75, 3.05) is 24.2 Å². The van der Waals surface area contributed by atoms with Crippen LogP contribution in [0.25, 0.3) is 11.1 Å². The monoisotopic (exact) mass is 632 g/mol. The van der Waals surface area contributed by atoms with Gasteiger partial charge in [-0.2, -0.15) is 0 Å². The van der Waals surface area contributed by atoms with Crippen molar-refractivity contribution >= 4 is 33.4 Å². The molecule has 1 aromatic heterocycles. The number of thioether (sulfide) groups is 1. The number of ether oxygens (including phenoxy) is 1. The summed E-state index contributed by atoms with van der Waals surface area (Å²) in [6.45, 7) is 4.88. The van der Waals surface area contributed by atoms with Crippen LogP contribution < -0.4 is 15.8 Å². The van der Waals surface area contributed by atoms with E-state index in [1.54, 1.807) is 42.6 Å². The SMILES string of the molecule is C=C(S/C=C(\N)C(=O)Nc1ccccc1-c1ccc(OC(F)(F)F)cc1)C1CCN(S(=O)(=O)CCc2ccccn2)CC1. The van der Waals surface area contributed by atoms with Crippen LogP contribution in [0.5, 0.6) is 5.75 Å². The first-order valence-electron chi connectivity index (χ1n) is 13.4. The molecule has 228 valence electrons. The molecule has 2 aromatic carbocycles. The zero-order chi connectivity index (χ0) is 31.0. The third-order valence-electron chi connectivity index (χ3n) is 6.82. The Bertz CT molecular complexity index is 1560. The minimum Gasteiger partial charge on any atom is -0.406 e. The van der Waals surface area contributed by atoms with Crippen LogP contribution in [0.4, 0.5) is 18.9 Å². The number of alkyl halides is 3. The van der Waals surface area contributed by atoms with Gasteiger partial charge in [0.25, 0.3) is 5.91 Å². The largest absolute Gasteiger partial charge is 0.573 e. The van der Waals surface area contributed by atoms with Crippen molar-refractivity contribution < 1.29 is 31.1 Å². The number of aromatic nitrogens is 1. The highest BCUT2D eigenvalue weighted by Gasteiger charge is 2.31. The Kier molecular flexibility index (Phi) is 10.5. The lowest BCUT2D eigenvalue weighted by Gasteiger charge is -2.31. The maximum Gasteiger partial charge on any atom is 0.573 e. The number of pyridine rings is 1. The molecule has 3 aromatic rings. The van der Waals surface area contributed by atoms with Crippen LogP contribution in [0, 0.1) is 5.92 Å². The second-order valence-electron chi connectivity index (χ2n) is 9.79. The van der Waals surface area contributed by atoms with Gasteiger partial charge in [0.2, 0.25) is 10.0 Å². The average Bonchev–Trinajstić information content (AvgIpc) is 2.99. The molecule has 8 nitrogen and oxygen atoms in total. The summed E-state index contributed by atoms with van der Waals surface area (Å²) in [4.78, 5) is 17.8. The molecule has 0 radical (unpaired) electrons. The van der Waals surface area contributed by atoms with Gasteiger partial charge in [0.1, 0.15) is 11.4 Å². The van der Waals surface area contributed by atoms with Gasteiger partial charge in [-0.25, -0.2) is 12.7 Å². The van der Waals surface area contributed by atoms with Crippen LogP contribution in [-0.2, 0) is 21.2 Å². The Hall–Kier alpha value is -3.81. The number of allylic oxidation sites excluding steroid dienone is 1. The van der Waals surface area contributed by atoms with Crippen LogP contribution >= 0.6 is 11.8 Å². The summed E-state index contributed by atoms with van der Waals surface area (Å²) < 4.78 is 68.5. The number of nitrogens with two attached hydrogens (primary N) is 1. The number of halogens is 3. The molecule has 2 heterocycles. The maximum atomic E-state index is 12.8. The standard InChI is InChI=1S/C30H31F3N4O4S2/c1-21(22-13-17-37(18-14-22)43(39,40)19-15-24-6-4-5-16-35-24)42-20-27(34)29(38)36-28-8-3-2-7-26(28)23-9-11-25(12-10-23)41-30(31,32)33/h2-12,16,20,22H,1,13-15,17-19,34H2,(H,36,38)/b27-20-. The first kappa shape index (κ1) is 32.1. The smallest absolute Gasteiger partial charge is 0.406 e. The molecule has 3 N–H and O–H groups in total. The number of aryl methyl sites for hydroxylation is 1. The van der Waals surface area contributed by atoms with Crippen molar-refractivity contribution in [2.45, 2.75) is 25.6 Å². The van der Waals surface area contributed by atoms with Gasteiger partial charge < -0.3 is 15.8 Å². The van der Waals surface area contributed by atoms with Crippen LogP contribution in [0.1, 0.15) is 18.5 Å². The molecule has 0 spiro atoms. The number of para-hydroxylation sites is 1. The molecule has 1 saturated heterocycles. The van der Waals surface area contributed by atoms with E-state index in [4.69, 9.17) is 5.73 Å². The van der Waals surface area contributed by atoms with E-state index in [1.165, 1.54) is 45.7 Å². The van der Waals surface area contributed by atoms with Crippen molar-refractivity contribution in [3.63, 3.8) is 0 Å². The maximum absolute atomic E-state index is 12.8. The summed E-state index contributed by atoms with van der Waals surface area (Å²) in [6, 6.07) is 17.6. The zero-order valence-corrected chi connectivity index (χ0v) is 24.7. The number of benzene rings is 2. The van der Waals surface area contributed by atoms with Crippen molar-refractivity contribution in [3.8, 4) is 16.9 Å². The number of carbonyl (C=O) groups is 1. The molecule has 1 aliphatic rings. The van der Waals surface area contributed by atoms with Crippen LogP contribution in [0.15, 0.2) is 95.5 Å². The van der Waals surface area contributed by atoms with E-state index in [9.17, 15) is 26.4 Å². The number of anilines is 1. The fourth-order valence-electron chi connectivity index (χ4n) is 4.53. The molecule has 13 heteroatoms. The molecule has 43 heavy (non-hydrogen) atoms. The first-order chi connectivity index (χ1) is 20.4. The van der Waals surface area contributed by atoms with Gasteiger partial charge in [0.05, 0.1) is 5.75 Å². The second kappa shape index (κ2) is 14.1. The van der Waals surface area contributed by atoms with E-state index < -0.39 is 22.3 Å². The van der Waals surface area contributed by atoms with Crippen LogP contribution in [-0.4, -0.2) is 48.8 Å². The Morgan fingerprint density at radius 3 is 2.42 bits per heavy atom. The fraction of sp³-hybridized carbons (Fsp3) is 0.267. The Balaban J connectivity index is 1.29. The summed E-state index contributed by atoms with van der Waals surface area (Å²) in [7, 11) is -3.41. The number of hydrogen-bond acceptors (Lipinski definition) is 7. The molecule has 4 rings (SSSR count). The van der Waals surface area contributed by atoms with Crippen molar-refractivity contribution in [3.05, 3.63) is 101 Å². The first-order valence-corrected chi connectivity index (χ1v) is 15.9. The van der Waals surface area contributed by atoms with E-state index in [2.05, 4.69) is 21.6 Å². The van der Waals surface area contributed by atoms with Gasteiger partial charge in [-0.1, -0.05) is 43.0 Å². The third kappa shape index (κ3) is 9.34. The van der Waals surface area contributed by atoms with E-state index >= 15 is 0 Å². The number of carbonyl (C=O) groups excluding carboxylic acids is 1. The predicted molar refractivity (Wildman–Crippen MR) is 162 cm³/mol. The molecule has 0 aliphatic carbocycles. The summed E-state index contributed by atoms with van der Waals surface area (Å²) >= 11 is 1.23. The molecule has 0 bridgehead atoms. The predicted octanol–water partition coefficient (Wildman–Crippen LogP) is 5.92. The number of sulfonamides is 1. The van der Waals surface area contributed by atoms with Gasteiger partial charge in [0.15, 0.2) is 0 Å². The van der Waals surface area contributed by atoms with Gasteiger partial charge in [-0.3, -0.25) is 9.78 Å². The van der Waals surface area contributed by atoms with Crippen molar-refractivity contribution in [1.29, 1.82) is 0 Å². The van der Waals surface area contributed by atoms with E-state index in [0.717, 1.165) is 10.6 Å². The molecular weight excluding hydrogens is 601 g/mol. The molecular formula is C30H31F3N4O4S2. The summed E-state index contributed by atoms with van der Waals surface area (Å²) in [5.41, 5.74) is 8.30. The fourth-order valence-corrected chi connectivity index (χ4v) is 6.83. The Morgan fingerprint density at radius 2 is 1.77 bits per heavy atom. The number of rotatable bonds is 11.